The maximum atomic E-state index is 6.03. The number of benzene rings is 2. The largest absolute Gasteiger partial charge is 0.385 e. The topological polar surface area (TPSA) is 44.7 Å². The molecule has 1 aliphatic heterocycles. The number of nitrogens with one attached hydrogen (secondary N) is 1. The Kier molecular flexibility index (Phi) is 6.83. The van der Waals surface area contributed by atoms with Crippen LogP contribution in [0.1, 0.15) is 19.3 Å². The first-order valence-electron chi connectivity index (χ1n) is 10.5. The van der Waals surface area contributed by atoms with Gasteiger partial charge in [0.15, 0.2) is 0 Å². The maximum absolute atomic E-state index is 6.03. The lowest BCUT2D eigenvalue weighted by Gasteiger charge is -2.25. The third-order valence-electron chi connectivity index (χ3n) is 5.43. The van der Waals surface area contributed by atoms with Crippen molar-refractivity contribution in [2.24, 2.45) is 0 Å². The molecule has 0 aliphatic carbocycles. The monoisotopic (exact) mass is 394 g/mol. The molecular weight excluding hydrogens is 364 g/mol. The van der Waals surface area contributed by atoms with E-state index >= 15 is 0 Å². The van der Waals surface area contributed by atoms with E-state index in [1.165, 1.54) is 22.2 Å². The highest BCUT2D eigenvalue weighted by Gasteiger charge is 2.18. The number of hydrogen-bond donors (Lipinski definition) is 1. The van der Waals surface area contributed by atoms with Gasteiger partial charge < -0.3 is 24.1 Å². The molecule has 0 spiro atoms. The number of methoxy groups -OCH3 is 1. The highest BCUT2D eigenvalue weighted by atomic mass is 16.5. The van der Waals surface area contributed by atoms with Gasteiger partial charge in [-0.3, -0.25) is 0 Å². The van der Waals surface area contributed by atoms with Gasteiger partial charge in [0.1, 0.15) is 6.73 Å². The van der Waals surface area contributed by atoms with Crippen molar-refractivity contribution in [1.82, 2.24) is 4.57 Å². The van der Waals surface area contributed by atoms with Gasteiger partial charge in [-0.05, 0) is 37.0 Å². The number of hydrogen-bond acceptors (Lipinski definition) is 4. The summed E-state index contributed by atoms with van der Waals surface area (Å²) in [6, 6.07) is 19.7. The maximum Gasteiger partial charge on any atom is 0.123 e. The van der Waals surface area contributed by atoms with Crippen LogP contribution in [-0.4, -0.2) is 44.1 Å². The van der Waals surface area contributed by atoms with Gasteiger partial charge in [-0.25, -0.2) is 0 Å². The molecule has 1 N–H and O–H groups in total. The summed E-state index contributed by atoms with van der Waals surface area (Å²) < 4.78 is 19.0. The molecule has 3 aromatic rings. The molecule has 1 fully saturated rings. The van der Waals surface area contributed by atoms with Crippen molar-refractivity contribution >= 4 is 16.6 Å². The number of nitrogens with zero attached hydrogens (tertiary/aromatic N) is 1. The van der Waals surface area contributed by atoms with Gasteiger partial charge in [-0.2, -0.15) is 0 Å². The van der Waals surface area contributed by atoms with E-state index in [1.807, 2.05) is 0 Å². The van der Waals surface area contributed by atoms with Crippen molar-refractivity contribution in [2.75, 3.05) is 38.9 Å². The van der Waals surface area contributed by atoms with Crippen molar-refractivity contribution < 1.29 is 14.2 Å². The molecule has 2 aromatic carbocycles. The zero-order valence-electron chi connectivity index (χ0n) is 17.1. The van der Waals surface area contributed by atoms with Gasteiger partial charge in [0, 0.05) is 38.4 Å². The Hall–Kier alpha value is -2.34. The molecule has 1 saturated heterocycles. The fourth-order valence-corrected chi connectivity index (χ4v) is 3.95. The standard InChI is InChI=1S/C24H30N2O3/c1-27-13-6-14-29-18-26-23(19-7-3-2-4-8-19)17-20-9-5-10-22(24(20)26)25-21-11-15-28-16-12-21/h2-5,7-10,17,21,25H,6,11-16,18H2,1H3. The Morgan fingerprint density at radius 2 is 1.86 bits per heavy atom. The van der Waals surface area contributed by atoms with E-state index in [1.54, 1.807) is 7.11 Å². The Morgan fingerprint density at radius 1 is 1.03 bits per heavy atom. The lowest BCUT2D eigenvalue weighted by atomic mass is 10.1. The van der Waals surface area contributed by atoms with Crippen LogP contribution in [0.4, 0.5) is 5.69 Å². The van der Waals surface area contributed by atoms with Crippen molar-refractivity contribution in [2.45, 2.75) is 32.0 Å². The fourth-order valence-electron chi connectivity index (χ4n) is 3.95. The zero-order valence-corrected chi connectivity index (χ0v) is 17.1. The van der Waals surface area contributed by atoms with E-state index in [9.17, 15) is 0 Å². The molecule has 154 valence electrons. The summed E-state index contributed by atoms with van der Waals surface area (Å²) in [6.07, 6.45) is 2.97. The first kappa shape index (κ1) is 20.0. The van der Waals surface area contributed by atoms with Gasteiger partial charge >= 0.3 is 0 Å². The van der Waals surface area contributed by atoms with Crippen molar-refractivity contribution in [1.29, 1.82) is 0 Å². The van der Waals surface area contributed by atoms with E-state index in [-0.39, 0.29) is 0 Å². The fraction of sp³-hybridized carbons (Fsp3) is 0.417. The minimum atomic E-state index is 0.445. The number of ether oxygens (including phenoxy) is 3. The van der Waals surface area contributed by atoms with Gasteiger partial charge in [-0.15, -0.1) is 0 Å². The van der Waals surface area contributed by atoms with Crippen LogP contribution in [-0.2, 0) is 20.9 Å². The Balaban J connectivity index is 1.68. The molecule has 4 rings (SSSR count). The summed E-state index contributed by atoms with van der Waals surface area (Å²) in [7, 11) is 1.72. The number of rotatable bonds is 9. The lowest BCUT2D eigenvalue weighted by Crippen LogP contribution is -2.28. The van der Waals surface area contributed by atoms with E-state index in [0.717, 1.165) is 38.2 Å². The first-order valence-corrected chi connectivity index (χ1v) is 10.5. The highest BCUT2D eigenvalue weighted by Crippen LogP contribution is 2.33. The minimum Gasteiger partial charge on any atom is -0.385 e. The van der Waals surface area contributed by atoms with Gasteiger partial charge in [0.25, 0.3) is 0 Å². The van der Waals surface area contributed by atoms with E-state index in [0.29, 0.717) is 26.0 Å². The number of anilines is 1. The zero-order chi connectivity index (χ0) is 19.9. The van der Waals surface area contributed by atoms with Gasteiger partial charge in [0.2, 0.25) is 0 Å². The van der Waals surface area contributed by atoms with E-state index in [2.05, 4.69) is 64.5 Å². The second-order valence-electron chi connectivity index (χ2n) is 7.48. The molecule has 0 bridgehead atoms. The van der Waals surface area contributed by atoms with Crippen molar-refractivity contribution in [3.05, 3.63) is 54.6 Å². The smallest absolute Gasteiger partial charge is 0.123 e. The Morgan fingerprint density at radius 3 is 2.66 bits per heavy atom. The van der Waals surface area contributed by atoms with Crippen molar-refractivity contribution in [3.8, 4) is 11.3 Å². The predicted octanol–water partition coefficient (Wildman–Crippen LogP) is 4.91. The number of fused-ring (bicyclic) bond motifs is 1. The molecule has 0 amide bonds. The highest BCUT2D eigenvalue weighted by molar-refractivity contribution is 5.96. The van der Waals surface area contributed by atoms with Crippen LogP contribution in [0.25, 0.3) is 22.2 Å². The quantitative estimate of drug-likeness (QED) is 0.524. The molecule has 1 aliphatic rings. The predicted molar refractivity (Wildman–Crippen MR) is 117 cm³/mol. The second-order valence-corrected chi connectivity index (χ2v) is 7.48. The summed E-state index contributed by atoms with van der Waals surface area (Å²) in [5.41, 5.74) is 4.73. The summed E-state index contributed by atoms with van der Waals surface area (Å²) in [4.78, 5) is 0. The van der Waals surface area contributed by atoms with E-state index < -0.39 is 0 Å². The van der Waals surface area contributed by atoms with Crippen LogP contribution in [0, 0.1) is 0 Å². The van der Waals surface area contributed by atoms with Crippen LogP contribution < -0.4 is 5.32 Å². The molecule has 29 heavy (non-hydrogen) atoms. The third kappa shape index (κ3) is 4.81. The molecule has 1 aromatic heterocycles. The molecule has 5 heteroatoms. The number of para-hydroxylation sites is 1. The molecule has 5 nitrogen and oxygen atoms in total. The Bertz CT molecular complexity index is 901. The molecule has 2 heterocycles. The molecule has 0 saturated carbocycles. The van der Waals surface area contributed by atoms with Crippen LogP contribution >= 0.6 is 0 Å². The van der Waals surface area contributed by atoms with Gasteiger partial charge in [-0.1, -0.05) is 42.5 Å². The number of aromatic nitrogens is 1. The normalized spacial score (nSPS) is 15.1. The lowest BCUT2D eigenvalue weighted by molar-refractivity contribution is 0.0626. The average molecular weight is 395 g/mol. The average Bonchev–Trinajstić information content (AvgIpc) is 3.15. The SMILES string of the molecule is COCCCOCn1c(-c2ccccc2)cc2cccc(NC3CCOCC3)c21. The minimum absolute atomic E-state index is 0.445. The van der Waals surface area contributed by atoms with Crippen LogP contribution in [0.3, 0.4) is 0 Å². The van der Waals surface area contributed by atoms with E-state index in [4.69, 9.17) is 14.2 Å². The van der Waals surface area contributed by atoms with Gasteiger partial charge in [0.05, 0.1) is 23.5 Å². The second kappa shape index (κ2) is 9.92. The summed E-state index contributed by atoms with van der Waals surface area (Å²) in [5.74, 6) is 0. The molecule has 0 atom stereocenters. The Labute approximate surface area is 172 Å². The third-order valence-corrected chi connectivity index (χ3v) is 5.43. The summed E-state index contributed by atoms with van der Waals surface area (Å²) in [5, 5.41) is 4.99. The summed E-state index contributed by atoms with van der Waals surface area (Å²) >= 11 is 0. The van der Waals surface area contributed by atoms with Crippen LogP contribution in [0.15, 0.2) is 54.6 Å². The first-order chi connectivity index (χ1) is 14.4. The molecular formula is C24H30N2O3. The molecule has 0 unspecified atom stereocenters. The van der Waals surface area contributed by atoms with Crippen molar-refractivity contribution in [3.63, 3.8) is 0 Å². The summed E-state index contributed by atoms with van der Waals surface area (Å²) in [6.45, 7) is 3.56. The van der Waals surface area contributed by atoms with Crippen LogP contribution in [0.2, 0.25) is 0 Å². The molecule has 0 radical (unpaired) electrons. The van der Waals surface area contributed by atoms with Crippen LogP contribution in [0.5, 0.6) is 0 Å².